The molecule has 0 aromatic carbocycles. The molecule has 1 unspecified atom stereocenters. The summed E-state index contributed by atoms with van der Waals surface area (Å²) in [6.45, 7) is 4.20. The molecule has 4 nitrogen and oxygen atoms in total. The summed E-state index contributed by atoms with van der Waals surface area (Å²) in [5.74, 6) is 2.11. The molecule has 0 spiro atoms. The largest absolute Gasteiger partial charge is 0.394 e. The van der Waals surface area contributed by atoms with Gasteiger partial charge in [-0.2, -0.15) is 4.98 Å². The van der Waals surface area contributed by atoms with Crippen molar-refractivity contribution in [3.8, 4) is 0 Å². The molecule has 1 aromatic rings. The summed E-state index contributed by atoms with van der Waals surface area (Å²) in [5, 5.41) is 12.9. The van der Waals surface area contributed by atoms with E-state index < -0.39 is 0 Å². The quantitative estimate of drug-likeness (QED) is 0.824. The van der Waals surface area contributed by atoms with E-state index in [4.69, 9.17) is 11.6 Å². The van der Waals surface area contributed by atoms with E-state index >= 15 is 0 Å². The van der Waals surface area contributed by atoms with E-state index in [-0.39, 0.29) is 17.9 Å². The Kier molecular flexibility index (Phi) is 4.12. The molecule has 0 aliphatic carbocycles. The summed E-state index contributed by atoms with van der Waals surface area (Å²) >= 11 is 7.64. The van der Waals surface area contributed by atoms with Crippen molar-refractivity contribution in [2.45, 2.75) is 31.2 Å². The average Bonchev–Trinajstić information content (AvgIpc) is 2.72. The molecule has 0 saturated carbocycles. The molecule has 6 heteroatoms. The monoisotopic (exact) mass is 273 g/mol. The van der Waals surface area contributed by atoms with Gasteiger partial charge in [-0.3, -0.25) is 0 Å². The molecule has 1 atom stereocenters. The van der Waals surface area contributed by atoms with Crippen molar-refractivity contribution in [2.24, 2.45) is 5.92 Å². The Morgan fingerprint density at radius 2 is 2.24 bits per heavy atom. The van der Waals surface area contributed by atoms with Crippen LogP contribution in [0, 0.1) is 5.92 Å². The maximum absolute atomic E-state index is 9.33. The molecule has 0 amide bonds. The van der Waals surface area contributed by atoms with Crippen LogP contribution < -0.4 is 5.32 Å². The molecule has 0 saturated heterocycles. The number of hydrogen-bond acceptors (Lipinski definition) is 5. The lowest BCUT2D eigenvalue weighted by Crippen LogP contribution is -2.30. The number of nitrogens with one attached hydrogen (secondary N) is 1. The maximum atomic E-state index is 9.33. The van der Waals surface area contributed by atoms with Gasteiger partial charge in [-0.25, -0.2) is 4.98 Å². The van der Waals surface area contributed by atoms with Gasteiger partial charge >= 0.3 is 0 Å². The number of thioether (sulfide) groups is 1. The molecule has 1 aliphatic heterocycles. The van der Waals surface area contributed by atoms with Gasteiger partial charge in [0.25, 0.3) is 0 Å². The number of aliphatic hydroxyl groups is 1. The Morgan fingerprint density at radius 1 is 1.47 bits per heavy atom. The number of anilines is 1. The van der Waals surface area contributed by atoms with Gasteiger partial charge in [-0.15, -0.1) is 11.8 Å². The number of hydrogen-bond donors (Lipinski definition) is 2. The fraction of sp³-hybridized carbons (Fsp3) is 0.636. The van der Waals surface area contributed by atoms with Crippen LogP contribution in [0.5, 0.6) is 0 Å². The number of aliphatic hydroxyl groups excluding tert-OH is 1. The lowest BCUT2D eigenvalue weighted by Gasteiger charge is -2.21. The summed E-state index contributed by atoms with van der Waals surface area (Å²) in [5.41, 5.74) is 1.01. The fourth-order valence-corrected chi connectivity index (χ4v) is 2.98. The Bertz CT molecular complexity index is 414. The van der Waals surface area contributed by atoms with Gasteiger partial charge in [-0.05, 0) is 17.5 Å². The van der Waals surface area contributed by atoms with E-state index in [1.807, 2.05) is 0 Å². The van der Waals surface area contributed by atoms with Crippen LogP contribution in [0.2, 0.25) is 5.28 Å². The highest BCUT2D eigenvalue weighted by Gasteiger charge is 2.22. The fourth-order valence-electron chi connectivity index (χ4n) is 1.73. The van der Waals surface area contributed by atoms with Crippen molar-refractivity contribution in [1.82, 2.24) is 9.97 Å². The van der Waals surface area contributed by atoms with E-state index in [9.17, 15) is 5.11 Å². The Hall–Kier alpha value is -0.520. The zero-order valence-corrected chi connectivity index (χ0v) is 11.5. The normalized spacial score (nSPS) is 16.1. The smallest absolute Gasteiger partial charge is 0.224 e. The first-order valence-electron chi connectivity index (χ1n) is 5.68. The van der Waals surface area contributed by atoms with Gasteiger partial charge < -0.3 is 10.4 Å². The predicted molar refractivity (Wildman–Crippen MR) is 70.8 cm³/mol. The maximum Gasteiger partial charge on any atom is 0.224 e. The van der Waals surface area contributed by atoms with Gasteiger partial charge in [0.1, 0.15) is 5.82 Å². The number of halogens is 1. The second-order valence-corrected chi connectivity index (χ2v) is 5.84. The van der Waals surface area contributed by atoms with E-state index in [2.05, 4.69) is 29.1 Å². The molecular weight excluding hydrogens is 258 g/mol. The molecule has 2 heterocycles. The number of aromatic nitrogens is 2. The lowest BCUT2D eigenvalue weighted by molar-refractivity contribution is 0.249. The van der Waals surface area contributed by atoms with Crippen LogP contribution in [0.1, 0.15) is 19.5 Å². The van der Waals surface area contributed by atoms with E-state index in [1.165, 1.54) is 0 Å². The van der Waals surface area contributed by atoms with Crippen molar-refractivity contribution in [3.63, 3.8) is 0 Å². The third-order valence-corrected chi connectivity index (χ3v) is 4.11. The molecule has 17 heavy (non-hydrogen) atoms. The highest BCUT2D eigenvalue weighted by Crippen LogP contribution is 2.36. The Balaban J connectivity index is 2.26. The van der Waals surface area contributed by atoms with Crippen LogP contribution in [-0.4, -0.2) is 33.5 Å². The second kappa shape index (κ2) is 5.42. The molecular formula is C11H16ClN3OS. The molecule has 0 fully saturated rings. The third-order valence-electron chi connectivity index (χ3n) is 2.82. The van der Waals surface area contributed by atoms with Crippen LogP contribution in [-0.2, 0) is 6.42 Å². The van der Waals surface area contributed by atoms with Crippen LogP contribution in [0.25, 0.3) is 0 Å². The minimum Gasteiger partial charge on any atom is -0.394 e. The van der Waals surface area contributed by atoms with Gasteiger partial charge in [0.15, 0.2) is 0 Å². The summed E-state index contributed by atoms with van der Waals surface area (Å²) in [6.07, 6.45) is 0.933. The summed E-state index contributed by atoms with van der Waals surface area (Å²) < 4.78 is 0. The molecule has 1 aliphatic rings. The minimum absolute atomic E-state index is 0.00809. The van der Waals surface area contributed by atoms with Crippen LogP contribution in [0.15, 0.2) is 4.90 Å². The number of rotatable bonds is 4. The van der Waals surface area contributed by atoms with E-state index in [0.717, 1.165) is 28.6 Å². The molecule has 94 valence electrons. The van der Waals surface area contributed by atoms with E-state index in [0.29, 0.717) is 5.92 Å². The average molecular weight is 274 g/mol. The van der Waals surface area contributed by atoms with Crippen molar-refractivity contribution in [2.75, 3.05) is 17.7 Å². The zero-order valence-electron chi connectivity index (χ0n) is 9.90. The highest BCUT2D eigenvalue weighted by molar-refractivity contribution is 7.99. The molecule has 2 N–H and O–H groups in total. The zero-order chi connectivity index (χ0) is 12.4. The number of aryl methyl sites for hydroxylation is 1. The SMILES string of the molecule is CC(C)C(CO)Nc1nc(Cl)nc2c1SCC2. The third kappa shape index (κ3) is 2.84. The van der Waals surface area contributed by atoms with E-state index in [1.54, 1.807) is 11.8 Å². The lowest BCUT2D eigenvalue weighted by atomic mass is 10.1. The van der Waals surface area contributed by atoms with Crippen molar-refractivity contribution < 1.29 is 5.11 Å². The highest BCUT2D eigenvalue weighted by atomic mass is 35.5. The minimum atomic E-state index is -0.00809. The second-order valence-electron chi connectivity index (χ2n) is 4.39. The topological polar surface area (TPSA) is 58.0 Å². The molecule has 2 rings (SSSR count). The van der Waals surface area contributed by atoms with Gasteiger partial charge in [0.05, 0.1) is 23.2 Å². The van der Waals surface area contributed by atoms with Crippen molar-refractivity contribution in [3.05, 3.63) is 11.0 Å². The molecule has 0 bridgehead atoms. The van der Waals surface area contributed by atoms with Gasteiger partial charge in [0.2, 0.25) is 5.28 Å². The Morgan fingerprint density at radius 3 is 2.88 bits per heavy atom. The first-order chi connectivity index (χ1) is 8.11. The molecule has 0 radical (unpaired) electrons. The van der Waals surface area contributed by atoms with Crippen molar-refractivity contribution in [1.29, 1.82) is 0 Å². The predicted octanol–water partition coefficient (Wildman–Crippen LogP) is 2.21. The first kappa shape index (κ1) is 12.9. The van der Waals surface area contributed by atoms with Crippen LogP contribution in [0.4, 0.5) is 5.82 Å². The number of fused-ring (bicyclic) bond motifs is 1. The van der Waals surface area contributed by atoms with Gasteiger partial charge in [-0.1, -0.05) is 13.8 Å². The Labute approximate surface area is 110 Å². The summed E-state index contributed by atoms with van der Waals surface area (Å²) in [4.78, 5) is 9.53. The van der Waals surface area contributed by atoms with Crippen LogP contribution in [0.3, 0.4) is 0 Å². The van der Waals surface area contributed by atoms with Crippen LogP contribution >= 0.6 is 23.4 Å². The summed E-state index contributed by atoms with van der Waals surface area (Å²) in [7, 11) is 0. The standard InChI is InChI=1S/C11H16ClN3OS/c1-6(2)8(5-16)13-10-9-7(3-4-17-9)14-11(12)15-10/h6,8,16H,3-5H2,1-2H3,(H,13,14,15). The molecule has 1 aromatic heterocycles. The first-order valence-corrected chi connectivity index (χ1v) is 7.04. The number of nitrogens with zero attached hydrogens (tertiary/aromatic N) is 2. The van der Waals surface area contributed by atoms with Crippen molar-refractivity contribution >= 4 is 29.2 Å². The summed E-state index contributed by atoms with van der Waals surface area (Å²) in [6, 6.07) is -0.00809. The van der Waals surface area contributed by atoms with Gasteiger partial charge in [0, 0.05) is 12.2 Å².